The Kier molecular flexibility index (Phi) is 7.57. The van der Waals surface area contributed by atoms with E-state index in [0.29, 0.717) is 5.11 Å². The monoisotopic (exact) mass is 417 g/mol. The predicted octanol–water partition coefficient (Wildman–Crippen LogP) is 4.12. The van der Waals surface area contributed by atoms with E-state index in [1.807, 2.05) is 85.8 Å². The van der Waals surface area contributed by atoms with Crippen LogP contribution in [0.5, 0.6) is 0 Å². The van der Waals surface area contributed by atoms with Crippen molar-refractivity contribution in [3.8, 4) is 0 Å². The molecule has 3 rings (SSSR count). The second-order valence-corrected chi connectivity index (χ2v) is 7.69. The van der Waals surface area contributed by atoms with E-state index in [2.05, 4.69) is 28.3 Å². The molecule has 5 heteroatoms. The molecule has 154 valence electrons. The highest BCUT2D eigenvalue weighted by Gasteiger charge is 2.37. The van der Waals surface area contributed by atoms with Crippen molar-refractivity contribution >= 4 is 23.2 Å². The van der Waals surface area contributed by atoms with Crippen molar-refractivity contribution in [1.82, 2.24) is 16.2 Å². The Balaban J connectivity index is 1.56. The molecule has 0 heterocycles. The molecule has 0 saturated heterocycles. The summed E-state index contributed by atoms with van der Waals surface area (Å²) in [5.41, 5.74) is 7.91. The van der Waals surface area contributed by atoms with Gasteiger partial charge in [-0.1, -0.05) is 91.0 Å². The highest BCUT2D eigenvalue weighted by Crippen LogP contribution is 2.31. The summed E-state index contributed by atoms with van der Waals surface area (Å²) in [6.07, 6.45) is 1.93. The van der Waals surface area contributed by atoms with Crippen LogP contribution in [0.25, 0.3) is 0 Å². The lowest BCUT2D eigenvalue weighted by Gasteiger charge is -2.30. The van der Waals surface area contributed by atoms with Crippen molar-refractivity contribution in [2.75, 3.05) is 6.54 Å². The first kappa shape index (κ1) is 21.5. The zero-order valence-corrected chi connectivity index (χ0v) is 17.9. The molecule has 0 saturated carbocycles. The summed E-state index contributed by atoms with van der Waals surface area (Å²) in [4.78, 5) is 13.2. The summed E-state index contributed by atoms with van der Waals surface area (Å²) < 4.78 is 0. The van der Waals surface area contributed by atoms with Crippen molar-refractivity contribution in [3.63, 3.8) is 0 Å². The maximum atomic E-state index is 13.2. The molecule has 0 aliphatic heterocycles. The third kappa shape index (κ3) is 5.45. The Morgan fingerprint density at radius 3 is 1.83 bits per heavy atom. The van der Waals surface area contributed by atoms with Crippen LogP contribution in [0, 0.1) is 0 Å². The Bertz CT molecular complexity index is 906. The van der Waals surface area contributed by atoms with Crippen molar-refractivity contribution in [2.45, 2.75) is 25.2 Å². The van der Waals surface area contributed by atoms with Crippen LogP contribution in [0.4, 0.5) is 0 Å². The number of rotatable bonds is 7. The molecule has 0 aliphatic carbocycles. The lowest BCUT2D eigenvalue weighted by Crippen LogP contribution is -2.53. The van der Waals surface area contributed by atoms with Crippen LogP contribution in [0.15, 0.2) is 91.0 Å². The standard InChI is InChI=1S/C25H27N3OS/c1-25(21-15-7-3-8-16-21,22-17-9-4-10-18-22)23(29)27-28-24(30)26-19-11-14-20-12-5-2-6-13-20/h2-10,12-13,15-18H,11,14,19H2,1H3,(H,27,29)(H2,26,28,30). The Labute approximate surface area is 183 Å². The molecule has 30 heavy (non-hydrogen) atoms. The molecule has 0 unspecified atom stereocenters. The maximum absolute atomic E-state index is 13.2. The van der Waals surface area contributed by atoms with Crippen molar-refractivity contribution in [3.05, 3.63) is 108 Å². The number of carbonyl (C=O) groups excluding carboxylic acids is 1. The minimum Gasteiger partial charge on any atom is -0.361 e. The summed E-state index contributed by atoms with van der Waals surface area (Å²) in [6.45, 7) is 2.65. The molecule has 0 aromatic heterocycles. The van der Waals surface area contributed by atoms with Gasteiger partial charge in [0.25, 0.3) is 5.91 Å². The second kappa shape index (κ2) is 10.6. The van der Waals surface area contributed by atoms with E-state index in [0.717, 1.165) is 30.5 Å². The number of thiocarbonyl (C=S) groups is 1. The minimum atomic E-state index is -0.849. The number of benzene rings is 3. The first-order chi connectivity index (χ1) is 14.6. The quantitative estimate of drug-likeness (QED) is 0.308. The molecule has 0 spiro atoms. The summed E-state index contributed by atoms with van der Waals surface area (Å²) in [7, 11) is 0. The molecule has 0 bridgehead atoms. The van der Waals surface area contributed by atoms with Gasteiger partial charge >= 0.3 is 0 Å². The van der Waals surface area contributed by atoms with Gasteiger partial charge in [0.15, 0.2) is 5.11 Å². The van der Waals surface area contributed by atoms with Gasteiger partial charge in [0, 0.05) is 6.54 Å². The number of aryl methyl sites for hydroxylation is 1. The smallest absolute Gasteiger partial charge is 0.253 e. The van der Waals surface area contributed by atoms with Crippen LogP contribution in [0.1, 0.15) is 30.0 Å². The summed E-state index contributed by atoms with van der Waals surface area (Å²) in [5, 5.41) is 3.55. The fourth-order valence-electron chi connectivity index (χ4n) is 3.39. The third-order valence-electron chi connectivity index (χ3n) is 5.22. The fraction of sp³-hybridized carbons (Fsp3) is 0.200. The first-order valence-electron chi connectivity index (χ1n) is 10.1. The van der Waals surface area contributed by atoms with Gasteiger partial charge in [0.2, 0.25) is 0 Å². The molecule has 3 N–H and O–H groups in total. The third-order valence-corrected chi connectivity index (χ3v) is 5.46. The minimum absolute atomic E-state index is 0.173. The Morgan fingerprint density at radius 2 is 1.30 bits per heavy atom. The van der Waals surface area contributed by atoms with Gasteiger partial charge in [-0.25, -0.2) is 0 Å². The van der Waals surface area contributed by atoms with E-state index < -0.39 is 5.41 Å². The van der Waals surface area contributed by atoms with E-state index in [4.69, 9.17) is 12.2 Å². The first-order valence-corrected chi connectivity index (χ1v) is 10.5. The van der Waals surface area contributed by atoms with E-state index in [1.54, 1.807) is 0 Å². The van der Waals surface area contributed by atoms with Gasteiger partial charge in [-0.05, 0) is 48.7 Å². The number of hydrogen-bond acceptors (Lipinski definition) is 2. The number of carbonyl (C=O) groups is 1. The average Bonchev–Trinajstić information content (AvgIpc) is 2.81. The number of hydrogen-bond donors (Lipinski definition) is 3. The van der Waals surface area contributed by atoms with Gasteiger partial charge in [-0.3, -0.25) is 15.6 Å². The van der Waals surface area contributed by atoms with Gasteiger partial charge < -0.3 is 5.32 Å². The van der Waals surface area contributed by atoms with E-state index >= 15 is 0 Å². The predicted molar refractivity (Wildman–Crippen MR) is 126 cm³/mol. The van der Waals surface area contributed by atoms with E-state index in [-0.39, 0.29) is 5.91 Å². The van der Waals surface area contributed by atoms with Gasteiger partial charge in [-0.15, -0.1) is 0 Å². The lowest BCUT2D eigenvalue weighted by atomic mass is 9.75. The average molecular weight is 418 g/mol. The summed E-state index contributed by atoms with van der Waals surface area (Å²) in [5.74, 6) is -0.173. The lowest BCUT2D eigenvalue weighted by molar-refractivity contribution is -0.125. The topological polar surface area (TPSA) is 53.2 Å². The zero-order valence-electron chi connectivity index (χ0n) is 17.1. The van der Waals surface area contributed by atoms with Crippen molar-refractivity contribution < 1.29 is 4.79 Å². The molecule has 3 aromatic carbocycles. The van der Waals surface area contributed by atoms with Gasteiger partial charge in [0.1, 0.15) is 0 Å². The van der Waals surface area contributed by atoms with Gasteiger partial charge in [-0.2, -0.15) is 0 Å². The van der Waals surface area contributed by atoms with Crippen LogP contribution < -0.4 is 16.2 Å². The van der Waals surface area contributed by atoms with E-state index in [9.17, 15) is 4.79 Å². The SMILES string of the molecule is CC(C(=O)NNC(=S)NCCCc1ccccc1)(c1ccccc1)c1ccccc1. The highest BCUT2D eigenvalue weighted by atomic mass is 32.1. The normalized spacial score (nSPS) is 10.8. The molecule has 0 radical (unpaired) electrons. The number of nitrogens with one attached hydrogen (secondary N) is 3. The largest absolute Gasteiger partial charge is 0.361 e. The Morgan fingerprint density at radius 1 is 0.800 bits per heavy atom. The summed E-state index contributed by atoms with van der Waals surface area (Å²) >= 11 is 5.32. The van der Waals surface area contributed by atoms with Crippen LogP contribution >= 0.6 is 12.2 Å². The van der Waals surface area contributed by atoms with Crippen LogP contribution in [0.3, 0.4) is 0 Å². The van der Waals surface area contributed by atoms with Crippen LogP contribution in [0.2, 0.25) is 0 Å². The van der Waals surface area contributed by atoms with Crippen LogP contribution in [-0.2, 0) is 16.6 Å². The molecule has 4 nitrogen and oxygen atoms in total. The molecular weight excluding hydrogens is 390 g/mol. The molecule has 3 aromatic rings. The van der Waals surface area contributed by atoms with Crippen molar-refractivity contribution in [1.29, 1.82) is 0 Å². The Hall–Kier alpha value is -3.18. The van der Waals surface area contributed by atoms with Crippen molar-refractivity contribution in [2.24, 2.45) is 0 Å². The molecule has 0 atom stereocenters. The van der Waals surface area contributed by atoms with Crippen LogP contribution in [-0.4, -0.2) is 17.6 Å². The maximum Gasteiger partial charge on any atom is 0.253 e. The summed E-state index contributed by atoms with van der Waals surface area (Å²) in [6, 6.07) is 29.8. The van der Waals surface area contributed by atoms with Gasteiger partial charge in [0.05, 0.1) is 5.41 Å². The second-order valence-electron chi connectivity index (χ2n) is 7.28. The number of amides is 1. The number of hydrazine groups is 1. The fourth-order valence-corrected chi connectivity index (χ4v) is 3.55. The molecular formula is C25H27N3OS. The highest BCUT2D eigenvalue weighted by molar-refractivity contribution is 7.80. The molecule has 1 amide bonds. The molecule has 0 fully saturated rings. The van der Waals surface area contributed by atoms with E-state index in [1.165, 1.54) is 5.56 Å². The molecule has 0 aliphatic rings. The zero-order chi connectivity index (χ0) is 21.2.